The summed E-state index contributed by atoms with van der Waals surface area (Å²) in [6.07, 6.45) is 0. The van der Waals surface area contributed by atoms with Crippen LogP contribution in [-0.2, 0) is 16.1 Å². The van der Waals surface area contributed by atoms with E-state index in [1.807, 2.05) is 42.5 Å². The molecule has 0 radical (unpaired) electrons. The standard InChI is InChI=1S/C24H25N5O2S/c1-16(30)27-19-10-8-17(9-11-19)15-26-23-22-20(28-24(29-23)25-12-13-31-2)14-21(32-22)18-6-4-3-5-7-18/h3-11,14H,12-13,15H2,1-2H3,(H,27,30)(H2,25,26,28,29). The molecule has 7 nitrogen and oxygen atoms in total. The molecule has 2 aromatic carbocycles. The van der Waals surface area contributed by atoms with Gasteiger partial charge in [0.25, 0.3) is 0 Å². The van der Waals surface area contributed by atoms with Gasteiger partial charge in [-0.3, -0.25) is 4.79 Å². The van der Waals surface area contributed by atoms with Crippen LogP contribution in [0.3, 0.4) is 0 Å². The highest BCUT2D eigenvalue weighted by Gasteiger charge is 2.13. The molecule has 3 N–H and O–H groups in total. The van der Waals surface area contributed by atoms with Crippen LogP contribution in [0, 0.1) is 0 Å². The Morgan fingerprint density at radius 1 is 1.03 bits per heavy atom. The summed E-state index contributed by atoms with van der Waals surface area (Å²) >= 11 is 1.67. The van der Waals surface area contributed by atoms with Gasteiger partial charge in [-0.05, 0) is 29.3 Å². The number of benzene rings is 2. The van der Waals surface area contributed by atoms with E-state index < -0.39 is 0 Å². The summed E-state index contributed by atoms with van der Waals surface area (Å²) < 4.78 is 6.13. The largest absolute Gasteiger partial charge is 0.383 e. The van der Waals surface area contributed by atoms with Gasteiger partial charge < -0.3 is 20.7 Å². The van der Waals surface area contributed by atoms with E-state index in [2.05, 4.69) is 34.1 Å². The number of amides is 1. The molecule has 0 aliphatic carbocycles. The Morgan fingerprint density at radius 3 is 2.53 bits per heavy atom. The number of hydrogen-bond acceptors (Lipinski definition) is 7. The Labute approximate surface area is 190 Å². The highest BCUT2D eigenvalue weighted by molar-refractivity contribution is 7.22. The minimum atomic E-state index is -0.0836. The molecule has 1 amide bonds. The molecule has 0 saturated heterocycles. The van der Waals surface area contributed by atoms with Crippen molar-refractivity contribution >= 4 is 44.9 Å². The van der Waals surface area contributed by atoms with E-state index in [0.29, 0.717) is 25.6 Å². The number of anilines is 3. The van der Waals surface area contributed by atoms with Crippen LogP contribution < -0.4 is 16.0 Å². The van der Waals surface area contributed by atoms with Crippen molar-refractivity contribution in [2.45, 2.75) is 13.5 Å². The van der Waals surface area contributed by atoms with Crippen molar-refractivity contribution in [1.29, 1.82) is 0 Å². The third kappa shape index (κ3) is 5.40. The second-order valence-corrected chi connectivity index (χ2v) is 8.29. The van der Waals surface area contributed by atoms with Gasteiger partial charge in [0.05, 0.1) is 16.8 Å². The lowest BCUT2D eigenvalue weighted by atomic mass is 10.2. The van der Waals surface area contributed by atoms with Gasteiger partial charge in [0.15, 0.2) is 0 Å². The van der Waals surface area contributed by atoms with Crippen LogP contribution >= 0.6 is 11.3 Å². The van der Waals surface area contributed by atoms with Crippen LogP contribution in [0.15, 0.2) is 60.7 Å². The average Bonchev–Trinajstić information content (AvgIpc) is 3.23. The molecule has 4 aromatic rings. The van der Waals surface area contributed by atoms with Crippen LogP contribution in [0.2, 0.25) is 0 Å². The fourth-order valence-electron chi connectivity index (χ4n) is 3.23. The molecule has 0 fully saturated rings. The fraction of sp³-hybridized carbons (Fsp3) is 0.208. The number of carbonyl (C=O) groups excluding carboxylic acids is 1. The number of hydrogen-bond donors (Lipinski definition) is 3. The Morgan fingerprint density at radius 2 is 1.81 bits per heavy atom. The number of ether oxygens (including phenoxy) is 1. The van der Waals surface area contributed by atoms with E-state index in [-0.39, 0.29) is 5.91 Å². The van der Waals surface area contributed by atoms with Gasteiger partial charge in [0, 0.05) is 37.7 Å². The molecule has 2 heterocycles. The Balaban J connectivity index is 1.60. The van der Waals surface area contributed by atoms with Gasteiger partial charge in [-0.15, -0.1) is 11.3 Å². The first kappa shape index (κ1) is 21.7. The first-order valence-corrected chi connectivity index (χ1v) is 11.1. The van der Waals surface area contributed by atoms with Crippen molar-refractivity contribution in [3.63, 3.8) is 0 Å². The molecule has 0 bridgehead atoms. The van der Waals surface area contributed by atoms with Gasteiger partial charge in [-0.1, -0.05) is 42.5 Å². The maximum absolute atomic E-state index is 11.2. The first-order chi connectivity index (χ1) is 15.6. The minimum Gasteiger partial charge on any atom is -0.383 e. The Hall–Kier alpha value is -3.49. The lowest BCUT2D eigenvalue weighted by molar-refractivity contribution is -0.114. The zero-order valence-corrected chi connectivity index (χ0v) is 18.8. The summed E-state index contributed by atoms with van der Waals surface area (Å²) in [5, 5.41) is 9.47. The van der Waals surface area contributed by atoms with Gasteiger partial charge >= 0.3 is 0 Å². The average molecular weight is 448 g/mol. The summed E-state index contributed by atoms with van der Waals surface area (Å²) in [4.78, 5) is 21.8. The maximum atomic E-state index is 11.2. The number of nitrogens with zero attached hydrogens (tertiary/aromatic N) is 2. The number of nitrogens with one attached hydrogen (secondary N) is 3. The molecular formula is C24H25N5O2S. The van der Waals surface area contributed by atoms with E-state index in [1.54, 1.807) is 18.4 Å². The van der Waals surface area contributed by atoms with Crippen LogP contribution in [0.4, 0.5) is 17.5 Å². The molecule has 2 aromatic heterocycles. The summed E-state index contributed by atoms with van der Waals surface area (Å²) in [5.41, 5.74) is 3.91. The van der Waals surface area contributed by atoms with Crippen molar-refractivity contribution in [3.05, 3.63) is 66.2 Å². The predicted octanol–water partition coefficient (Wildman–Crippen LogP) is 4.99. The van der Waals surface area contributed by atoms with Crippen molar-refractivity contribution in [3.8, 4) is 10.4 Å². The molecule has 0 aliphatic heterocycles. The molecule has 0 atom stereocenters. The van der Waals surface area contributed by atoms with Crippen molar-refractivity contribution in [1.82, 2.24) is 9.97 Å². The lowest BCUT2D eigenvalue weighted by Crippen LogP contribution is -2.11. The van der Waals surface area contributed by atoms with E-state index in [9.17, 15) is 4.79 Å². The number of rotatable bonds is 9. The topological polar surface area (TPSA) is 88.2 Å². The molecule has 0 spiro atoms. The highest BCUT2D eigenvalue weighted by Crippen LogP contribution is 2.36. The molecule has 0 aliphatic rings. The quantitative estimate of drug-likeness (QED) is 0.313. The monoisotopic (exact) mass is 447 g/mol. The van der Waals surface area contributed by atoms with E-state index >= 15 is 0 Å². The minimum absolute atomic E-state index is 0.0836. The summed E-state index contributed by atoms with van der Waals surface area (Å²) in [6.45, 7) is 3.30. The molecule has 4 rings (SSSR count). The van der Waals surface area contributed by atoms with Crippen LogP contribution in [0.1, 0.15) is 12.5 Å². The molecule has 32 heavy (non-hydrogen) atoms. The molecule has 164 valence electrons. The number of aromatic nitrogens is 2. The first-order valence-electron chi connectivity index (χ1n) is 10.3. The van der Waals surface area contributed by atoms with Crippen LogP contribution in [0.25, 0.3) is 20.7 Å². The molecular weight excluding hydrogens is 422 g/mol. The molecule has 0 unspecified atom stereocenters. The number of thiophene rings is 1. The van der Waals surface area contributed by atoms with Gasteiger partial charge in [-0.25, -0.2) is 4.98 Å². The van der Waals surface area contributed by atoms with E-state index in [0.717, 1.165) is 37.7 Å². The zero-order chi connectivity index (χ0) is 22.3. The van der Waals surface area contributed by atoms with Gasteiger partial charge in [0.2, 0.25) is 11.9 Å². The van der Waals surface area contributed by atoms with Crippen LogP contribution in [-0.4, -0.2) is 36.1 Å². The third-order valence-corrected chi connectivity index (χ3v) is 5.93. The number of carbonyl (C=O) groups is 1. The van der Waals surface area contributed by atoms with Crippen LogP contribution in [0.5, 0.6) is 0 Å². The Kier molecular flexibility index (Phi) is 6.94. The van der Waals surface area contributed by atoms with Crippen molar-refractivity contribution < 1.29 is 9.53 Å². The fourth-order valence-corrected chi connectivity index (χ4v) is 4.30. The highest BCUT2D eigenvalue weighted by atomic mass is 32.1. The smallest absolute Gasteiger partial charge is 0.225 e. The molecule has 0 saturated carbocycles. The second kappa shape index (κ2) is 10.2. The summed E-state index contributed by atoms with van der Waals surface area (Å²) in [7, 11) is 1.67. The summed E-state index contributed by atoms with van der Waals surface area (Å²) in [5.74, 6) is 1.27. The third-order valence-electron chi connectivity index (χ3n) is 4.75. The Bertz CT molecular complexity index is 1190. The molecule has 8 heteroatoms. The number of fused-ring (bicyclic) bond motifs is 1. The normalized spacial score (nSPS) is 10.8. The number of methoxy groups -OCH3 is 1. The SMILES string of the molecule is COCCNc1nc(NCc2ccc(NC(C)=O)cc2)c2sc(-c3ccccc3)cc2n1. The van der Waals surface area contributed by atoms with Crippen molar-refractivity contribution in [2.75, 3.05) is 36.2 Å². The maximum Gasteiger partial charge on any atom is 0.225 e. The van der Waals surface area contributed by atoms with Gasteiger partial charge in [-0.2, -0.15) is 4.98 Å². The second-order valence-electron chi connectivity index (χ2n) is 7.24. The lowest BCUT2D eigenvalue weighted by Gasteiger charge is -2.10. The predicted molar refractivity (Wildman–Crippen MR) is 131 cm³/mol. The van der Waals surface area contributed by atoms with E-state index in [1.165, 1.54) is 6.92 Å². The van der Waals surface area contributed by atoms with E-state index in [4.69, 9.17) is 14.7 Å². The summed E-state index contributed by atoms with van der Waals surface area (Å²) in [6, 6.07) is 20.1. The van der Waals surface area contributed by atoms with Gasteiger partial charge in [0.1, 0.15) is 5.82 Å². The van der Waals surface area contributed by atoms with Crippen molar-refractivity contribution in [2.24, 2.45) is 0 Å². The zero-order valence-electron chi connectivity index (χ0n) is 18.0.